The fourth-order valence-electron chi connectivity index (χ4n) is 4.25. The lowest BCUT2D eigenvalue weighted by Gasteiger charge is -2.28. The lowest BCUT2D eigenvalue weighted by molar-refractivity contribution is -0.117. The number of hydrogen-bond acceptors (Lipinski definition) is 4. The van der Waals surface area contributed by atoms with Crippen LogP contribution in [0.1, 0.15) is 46.4 Å². The van der Waals surface area contributed by atoms with Crippen molar-refractivity contribution in [3.05, 3.63) is 89.0 Å². The monoisotopic (exact) mass is 444 g/mol. The van der Waals surface area contributed by atoms with Crippen molar-refractivity contribution in [3.63, 3.8) is 0 Å². The van der Waals surface area contributed by atoms with E-state index in [0.29, 0.717) is 23.6 Å². The highest BCUT2D eigenvalue weighted by Crippen LogP contribution is 2.37. The highest BCUT2D eigenvalue weighted by atomic mass is 16.5. The minimum absolute atomic E-state index is 0.0776. The molecule has 4 rings (SSSR count). The Morgan fingerprint density at radius 3 is 2.52 bits per heavy atom. The van der Waals surface area contributed by atoms with Crippen LogP contribution < -0.4 is 14.8 Å². The first-order valence-electron chi connectivity index (χ1n) is 11.0. The van der Waals surface area contributed by atoms with Gasteiger partial charge >= 0.3 is 0 Å². The standard InChI is InChI=1S/C27H28N2O4/c1-4-18-8-7-10-21(14-18)28-26(30)16-23(19-12-13-24(32-2)25(15-19)33-3)29-17-20-9-5-6-11-22(20)27(29)31/h5-15,23H,4,16-17H2,1-3H3,(H,28,30)/t23-/m1/s1. The molecule has 1 aliphatic heterocycles. The predicted molar refractivity (Wildman–Crippen MR) is 128 cm³/mol. The number of benzene rings is 3. The van der Waals surface area contributed by atoms with Crippen molar-refractivity contribution in [3.8, 4) is 11.5 Å². The molecule has 1 atom stereocenters. The number of anilines is 1. The van der Waals surface area contributed by atoms with E-state index < -0.39 is 6.04 Å². The SMILES string of the molecule is CCc1cccc(NC(=O)C[C@H](c2ccc(OC)c(OC)c2)N2Cc3ccccc3C2=O)c1. The Balaban J connectivity index is 1.64. The van der Waals surface area contributed by atoms with Crippen molar-refractivity contribution >= 4 is 17.5 Å². The number of aryl methyl sites for hydroxylation is 1. The molecule has 0 saturated heterocycles. The first kappa shape index (κ1) is 22.4. The number of amides is 2. The molecule has 0 radical (unpaired) electrons. The van der Waals surface area contributed by atoms with E-state index in [2.05, 4.69) is 12.2 Å². The number of carbonyl (C=O) groups is 2. The molecule has 3 aromatic carbocycles. The fraction of sp³-hybridized carbons (Fsp3) is 0.259. The molecule has 2 amide bonds. The number of rotatable bonds is 8. The zero-order valence-electron chi connectivity index (χ0n) is 19.1. The molecule has 0 spiro atoms. The Kier molecular flexibility index (Phi) is 6.63. The third-order valence-corrected chi connectivity index (χ3v) is 6.02. The number of nitrogens with one attached hydrogen (secondary N) is 1. The van der Waals surface area contributed by atoms with Gasteiger partial charge in [0.1, 0.15) is 0 Å². The van der Waals surface area contributed by atoms with E-state index in [9.17, 15) is 9.59 Å². The second kappa shape index (κ2) is 9.77. The van der Waals surface area contributed by atoms with Gasteiger partial charge in [0, 0.05) is 17.8 Å². The average Bonchev–Trinajstić information content (AvgIpc) is 3.18. The highest BCUT2D eigenvalue weighted by molar-refractivity contribution is 5.99. The summed E-state index contributed by atoms with van der Waals surface area (Å²) in [5.41, 5.74) is 4.35. The Bertz CT molecular complexity index is 1170. The van der Waals surface area contributed by atoms with Gasteiger partial charge in [0.05, 0.1) is 26.7 Å². The van der Waals surface area contributed by atoms with Gasteiger partial charge in [-0.05, 0) is 53.4 Å². The molecular formula is C27H28N2O4. The predicted octanol–water partition coefficient (Wildman–Crippen LogP) is 4.99. The largest absolute Gasteiger partial charge is 0.493 e. The summed E-state index contributed by atoms with van der Waals surface area (Å²) in [7, 11) is 3.15. The second-order valence-electron chi connectivity index (χ2n) is 8.03. The molecule has 6 heteroatoms. The molecule has 1 aliphatic rings. The highest BCUT2D eigenvalue weighted by Gasteiger charge is 2.34. The van der Waals surface area contributed by atoms with Crippen LogP contribution in [0.3, 0.4) is 0 Å². The molecule has 0 aliphatic carbocycles. The van der Waals surface area contributed by atoms with Crippen LogP contribution in [0.5, 0.6) is 11.5 Å². The van der Waals surface area contributed by atoms with Gasteiger partial charge in [-0.1, -0.05) is 43.3 Å². The van der Waals surface area contributed by atoms with Crippen LogP contribution in [0, 0.1) is 0 Å². The quantitative estimate of drug-likeness (QED) is 0.531. The topological polar surface area (TPSA) is 67.9 Å². The minimum Gasteiger partial charge on any atom is -0.493 e. The third-order valence-electron chi connectivity index (χ3n) is 6.02. The van der Waals surface area contributed by atoms with Crippen molar-refractivity contribution in [2.75, 3.05) is 19.5 Å². The number of ether oxygens (including phenoxy) is 2. The zero-order valence-corrected chi connectivity index (χ0v) is 19.1. The van der Waals surface area contributed by atoms with Crippen LogP contribution in [0.25, 0.3) is 0 Å². The maximum absolute atomic E-state index is 13.3. The van der Waals surface area contributed by atoms with Gasteiger partial charge in [0.2, 0.25) is 5.91 Å². The van der Waals surface area contributed by atoms with Crippen LogP contribution >= 0.6 is 0 Å². The Morgan fingerprint density at radius 1 is 1.00 bits per heavy atom. The molecule has 0 fully saturated rings. The fourth-order valence-corrected chi connectivity index (χ4v) is 4.25. The van der Waals surface area contributed by atoms with Gasteiger partial charge in [-0.15, -0.1) is 0 Å². The molecular weight excluding hydrogens is 416 g/mol. The van der Waals surface area contributed by atoms with E-state index in [1.807, 2.05) is 60.7 Å². The summed E-state index contributed by atoms with van der Waals surface area (Å²) >= 11 is 0. The van der Waals surface area contributed by atoms with Crippen molar-refractivity contribution in [1.82, 2.24) is 4.90 Å². The van der Waals surface area contributed by atoms with Crippen molar-refractivity contribution in [2.24, 2.45) is 0 Å². The van der Waals surface area contributed by atoms with E-state index in [0.717, 1.165) is 28.8 Å². The maximum atomic E-state index is 13.3. The van der Waals surface area contributed by atoms with Crippen LogP contribution in [0.4, 0.5) is 5.69 Å². The number of nitrogens with zero attached hydrogens (tertiary/aromatic N) is 1. The van der Waals surface area contributed by atoms with Crippen LogP contribution in [0.15, 0.2) is 66.7 Å². The number of hydrogen-bond donors (Lipinski definition) is 1. The summed E-state index contributed by atoms with van der Waals surface area (Å²) < 4.78 is 10.8. The molecule has 0 aromatic heterocycles. The van der Waals surface area contributed by atoms with Gasteiger partial charge in [-0.25, -0.2) is 0 Å². The number of fused-ring (bicyclic) bond motifs is 1. The summed E-state index contributed by atoms with van der Waals surface area (Å²) in [4.78, 5) is 28.1. The molecule has 0 bridgehead atoms. The van der Waals surface area contributed by atoms with Gasteiger partial charge in [-0.2, -0.15) is 0 Å². The lowest BCUT2D eigenvalue weighted by Crippen LogP contribution is -2.32. The molecule has 1 N–H and O–H groups in total. The van der Waals surface area contributed by atoms with Gasteiger partial charge in [0.25, 0.3) is 5.91 Å². The molecule has 1 heterocycles. The Hall–Kier alpha value is -3.80. The summed E-state index contributed by atoms with van der Waals surface area (Å²) in [6, 6.07) is 20.4. The van der Waals surface area contributed by atoms with E-state index in [-0.39, 0.29) is 18.2 Å². The first-order valence-corrected chi connectivity index (χ1v) is 11.0. The maximum Gasteiger partial charge on any atom is 0.255 e. The van der Waals surface area contributed by atoms with E-state index in [4.69, 9.17) is 9.47 Å². The van der Waals surface area contributed by atoms with Gasteiger partial charge < -0.3 is 19.7 Å². The number of methoxy groups -OCH3 is 2. The summed E-state index contributed by atoms with van der Waals surface area (Å²) in [6.45, 7) is 2.53. The Labute approximate surface area is 194 Å². The Morgan fingerprint density at radius 2 is 1.79 bits per heavy atom. The normalized spacial score (nSPS) is 13.4. The van der Waals surface area contributed by atoms with E-state index in [1.165, 1.54) is 0 Å². The van der Waals surface area contributed by atoms with Crippen LogP contribution in [-0.4, -0.2) is 30.9 Å². The molecule has 0 saturated carbocycles. The minimum atomic E-state index is -0.459. The van der Waals surface area contributed by atoms with Gasteiger partial charge in [-0.3, -0.25) is 9.59 Å². The summed E-state index contributed by atoms with van der Waals surface area (Å²) in [5.74, 6) is 0.912. The summed E-state index contributed by atoms with van der Waals surface area (Å²) in [6.07, 6.45) is 1.00. The molecule has 6 nitrogen and oxygen atoms in total. The van der Waals surface area contributed by atoms with Gasteiger partial charge in [0.15, 0.2) is 11.5 Å². The average molecular weight is 445 g/mol. The smallest absolute Gasteiger partial charge is 0.255 e. The van der Waals surface area contributed by atoms with Crippen molar-refractivity contribution in [1.29, 1.82) is 0 Å². The van der Waals surface area contributed by atoms with Crippen LogP contribution in [-0.2, 0) is 17.8 Å². The number of carbonyl (C=O) groups excluding carboxylic acids is 2. The lowest BCUT2D eigenvalue weighted by atomic mass is 10.0. The third kappa shape index (κ3) is 4.70. The zero-order chi connectivity index (χ0) is 23.4. The van der Waals surface area contributed by atoms with Crippen molar-refractivity contribution in [2.45, 2.75) is 32.4 Å². The molecule has 0 unspecified atom stereocenters. The molecule has 33 heavy (non-hydrogen) atoms. The first-order chi connectivity index (χ1) is 16.0. The van der Waals surface area contributed by atoms with Crippen molar-refractivity contribution < 1.29 is 19.1 Å². The summed E-state index contributed by atoms with van der Waals surface area (Å²) in [5, 5.41) is 2.99. The van der Waals surface area contributed by atoms with E-state index in [1.54, 1.807) is 25.2 Å². The van der Waals surface area contributed by atoms with Crippen LogP contribution in [0.2, 0.25) is 0 Å². The second-order valence-corrected chi connectivity index (χ2v) is 8.03. The molecule has 170 valence electrons. The van der Waals surface area contributed by atoms with E-state index >= 15 is 0 Å². The molecule has 3 aromatic rings.